The lowest BCUT2D eigenvalue weighted by atomic mass is 9.98. The van der Waals surface area contributed by atoms with Crippen LogP contribution in [0.15, 0.2) is 48.8 Å². The van der Waals surface area contributed by atoms with Crippen molar-refractivity contribution >= 4 is 16.9 Å². The average Bonchev–Trinajstić information content (AvgIpc) is 3.15. The number of aromatic nitrogens is 3. The van der Waals surface area contributed by atoms with Crippen LogP contribution < -0.4 is 15.2 Å². The fourth-order valence-electron chi connectivity index (χ4n) is 3.51. The van der Waals surface area contributed by atoms with Crippen LogP contribution in [0.25, 0.3) is 33.3 Å². The second kappa shape index (κ2) is 7.35. The molecule has 4 aromatic rings. The van der Waals surface area contributed by atoms with Crippen LogP contribution in [0.4, 0.5) is 5.95 Å². The number of aryl methyl sites for hydroxylation is 1. The molecule has 0 aliphatic heterocycles. The monoisotopic (exact) mass is 390 g/mol. The van der Waals surface area contributed by atoms with Crippen LogP contribution in [0.1, 0.15) is 6.92 Å². The minimum absolute atomic E-state index is 0.0141. The number of rotatable bonds is 5. The molecule has 2 aromatic heterocycles. The molecule has 0 aliphatic rings. The molecule has 2 aromatic carbocycles. The highest BCUT2D eigenvalue weighted by Gasteiger charge is 2.18. The van der Waals surface area contributed by atoms with Gasteiger partial charge in [0.25, 0.3) is 0 Å². The molecule has 0 spiro atoms. The number of ether oxygens (including phenoxy) is 2. The Hall–Kier alpha value is -3.74. The van der Waals surface area contributed by atoms with Gasteiger partial charge in [-0.25, -0.2) is 9.97 Å². The van der Waals surface area contributed by atoms with E-state index < -0.39 is 0 Å². The molecule has 2 heterocycles. The zero-order valence-electron chi connectivity index (χ0n) is 16.5. The van der Waals surface area contributed by atoms with Crippen LogP contribution in [0.5, 0.6) is 17.2 Å². The molecule has 3 N–H and O–H groups in total. The first kappa shape index (κ1) is 18.6. The van der Waals surface area contributed by atoms with Crippen molar-refractivity contribution in [2.75, 3.05) is 20.0 Å². The second-order valence-electron chi connectivity index (χ2n) is 6.59. The van der Waals surface area contributed by atoms with E-state index in [0.717, 1.165) is 28.6 Å². The van der Waals surface area contributed by atoms with Gasteiger partial charge in [-0.3, -0.25) is 0 Å². The number of benzene rings is 2. The SMILES string of the molecule is CCn1ccc2cc(-c3cnc(N)nc3-c3cc(OC)c(OC)cc3O)ccc21. The zero-order valence-corrected chi connectivity index (χ0v) is 16.5. The van der Waals surface area contributed by atoms with Gasteiger partial charge >= 0.3 is 0 Å². The lowest BCUT2D eigenvalue weighted by Gasteiger charge is -2.14. The third-order valence-electron chi connectivity index (χ3n) is 4.99. The van der Waals surface area contributed by atoms with Crippen molar-refractivity contribution in [3.05, 3.63) is 48.8 Å². The number of nitrogens with two attached hydrogens (primary N) is 1. The van der Waals surface area contributed by atoms with Gasteiger partial charge in [0.05, 0.1) is 19.9 Å². The van der Waals surface area contributed by atoms with Crippen molar-refractivity contribution in [1.82, 2.24) is 14.5 Å². The van der Waals surface area contributed by atoms with Crippen molar-refractivity contribution in [2.24, 2.45) is 0 Å². The predicted molar refractivity (Wildman–Crippen MR) is 113 cm³/mol. The lowest BCUT2D eigenvalue weighted by molar-refractivity contribution is 0.352. The molecule has 0 radical (unpaired) electrons. The van der Waals surface area contributed by atoms with Crippen LogP contribution in [-0.2, 0) is 6.54 Å². The Bertz CT molecular complexity index is 1200. The third kappa shape index (κ3) is 3.20. The van der Waals surface area contributed by atoms with Crippen molar-refractivity contribution in [3.8, 4) is 39.6 Å². The fraction of sp³-hybridized carbons (Fsp3) is 0.182. The van der Waals surface area contributed by atoms with Crippen LogP contribution in [0.2, 0.25) is 0 Å². The number of anilines is 1. The summed E-state index contributed by atoms with van der Waals surface area (Å²) in [6.07, 6.45) is 3.74. The first-order valence-electron chi connectivity index (χ1n) is 9.22. The number of methoxy groups -OCH3 is 2. The summed E-state index contributed by atoms with van der Waals surface area (Å²) in [7, 11) is 3.06. The molecule has 0 saturated carbocycles. The zero-order chi connectivity index (χ0) is 20.5. The summed E-state index contributed by atoms with van der Waals surface area (Å²) in [5.41, 5.74) is 9.71. The van der Waals surface area contributed by atoms with E-state index in [9.17, 15) is 5.11 Å². The molecular formula is C22H22N4O3. The van der Waals surface area contributed by atoms with Gasteiger partial charge in [-0.2, -0.15) is 0 Å². The Morgan fingerprint density at radius 3 is 2.52 bits per heavy atom. The molecule has 0 fully saturated rings. The van der Waals surface area contributed by atoms with Gasteiger partial charge in [-0.05, 0) is 36.8 Å². The fourth-order valence-corrected chi connectivity index (χ4v) is 3.51. The molecule has 4 rings (SSSR count). The average molecular weight is 390 g/mol. The Morgan fingerprint density at radius 2 is 1.79 bits per heavy atom. The van der Waals surface area contributed by atoms with Crippen LogP contribution in [0.3, 0.4) is 0 Å². The molecule has 0 unspecified atom stereocenters. The first-order valence-corrected chi connectivity index (χ1v) is 9.22. The van der Waals surface area contributed by atoms with Gasteiger partial charge in [-0.1, -0.05) is 6.07 Å². The second-order valence-corrected chi connectivity index (χ2v) is 6.59. The molecule has 7 nitrogen and oxygen atoms in total. The van der Waals surface area contributed by atoms with E-state index in [1.807, 2.05) is 6.07 Å². The van der Waals surface area contributed by atoms with Gasteiger partial charge in [0.1, 0.15) is 5.75 Å². The maximum atomic E-state index is 10.6. The smallest absolute Gasteiger partial charge is 0.220 e. The summed E-state index contributed by atoms with van der Waals surface area (Å²) >= 11 is 0. The largest absolute Gasteiger partial charge is 0.507 e. The van der Waals surface area contributed by atoms with Gasteiger partial charge in [0, 0.05) is 47.0 Å². The number of nitrogens with zero attached hydrogens (tertiary/aromatic N) is 3. The maximum Gasteiger partial charge on any atom is 0.220 e. The molecule has 0 amide bonds. The predicted octanol–water partition coefficient (Wildman–Crippen LogP) is 4.09. The highest BCUT2D eigenvalue weighted by atomic mass is 16.5. The van der Waals surface area contributed by atoms with Crippen molar-refractivity contribution in [2.45, 2.75) is 13.5 Å². The Balaban J connectivity index is 1.92. The Kier molecular flexibility index (Phi) is 4.72. The van der Waals surface area contributed by atoms with E-state index in [0.29, 0.717) is 22.8 Å². The summed E-state index contributed by atoms with van der Waals surface area (Å²) in [6.45, 7) is 3.01. The van der Waals surface area contributed by atoms with E-state index in [-0.39, 0.29) is 11.7 Å². The number of aromatic hydroxyl groups is 1. The quantitative estimate of drug-likeness (QED) is 0.533. The summed E-state index contributed by atoms with van der Waals surface area (Å²) in [4.78, 5) is 8.59. The van der Waals surface area contributed by atoms with Gasteiger partial charge in [0.2, 0.25) is 5.95 Å². The molecule has 0 atom stereocenters. The minimum Gasteiger partial charge on any atom is -0.507 e. The highest BCUT2D eigenvalue weighted by molar-refractivity contribution is 5.90. The van der Waals surface area contributed by atoms with E-state index in [1.165, 1.54) is 13.2 Å². The number of fused-ring (bicyclic) bond motifs is 1. The number of phenolic OH excluding ortho intramolecular Hbond substituents is 1. The van der Waals surface area contributed by atoms with E-state index in [4.69, 9.17) is 15.2 Å². The maximum absolute atomic E-state index is 10.6. The molecule has 7 heteroatoms. The lowest BCUT2D eigenvalue weighted by Crippen LogP contribution is -2.00. The molecule has 0 aliphatic carbocycles. The molecular weight excluding hydrogens is 368 g/mol. The number of hydrogen-bond acceptors (Lipinski definition) is 6. The number of nitrogen functional groups attached to an aromatic ring is 1. The van der Waals surface area contributed by atoms with Gasteiger partial charge in [0.15, 0.2) is 11.5 Å². The van der Waals surface area contributed by atoms with E-state index >= 15 is 0 Å². The van der Waals surface area contributed by atoms with Crippen molar-refractivity contribution in [1.29, 1.82) is 0 Å². The standard InChI is InChI=1S/C22H22N4O3/c1-4-26-8-7-14-9-13(5-6-17(14)26)16-12-24-22(23)25-21(16)15-10-19(28-2)20(29-3)11-18(15)27/h5-12,27H,4H2,1-3H3,(H2,23,24,25). The summed E-state index contributed by atoms with van der Waals surface area (Å²) in [6, 6.07) is 11.4. The van der Waals surface area contributed by atoms with Gasteiger partial charge in [-0.15, -0.1) is 0 Å². The van der Waals surface area contributed by atoms with Gasteiger partial charge < -0.3 is 24.9 Å². The van der Waals surface area contributed by atoms with Crippen molar-refractivity contribution in [3.63, 3.8) is 0 Å². The topological polar surface area (TPSA) is 95.4 Å². The first-order chi connectivity index (χ1) is 14.0. The molecule has 0 saturated heterocycles. The Labute approximate surface area is 168 Å². The molecule has 29 heavy (non-hydrogen) atoms. The summed E-state index contributed by atoms with van der Waals surface area (Å²) in [5, 5.41) is 11.7. The van der Waals surface area contributed by atoms with E-state index in [1.54, 1.807) is 19.4 Å². The van der Waals surface area contributed by atoms with E-state index in [2.05, 4.69) is 45.9 Å². The molecule has 0 bridgehead atoms. The normalized spacial score (nSPS) is 11.0. The van der Waals surface area contributed by atoms with Crippen LogP contribution >= 0.6 is 0 Å². The van der Waals surface area contributed by atoms with Crippen molar-refractivity contribution < 1.29 is 14.6 Å². The highest BCUT2D eigenvalue weighted by Crippen LogP contribution is 2.42. The number of phenols is 1. The Morgan fingerprint density at radius 1 is 1.03 bits per heavy atom. The van der Waals surface area contributed by atoms with Crippen LogP contribution in [-0.4, -0.2) is 33.9 Å². The van der Waals surface area contributed by atoms with Crippen LogP contribution in [0, 0.1) is 0 Å². The molecule has 148 valence electrons. The number of hydrogen-bond donors (Lipinski definition) is 2. The third-order valence-corrected chi connectivity index (χ3v) is 4.99. The summed E-state index contributed by atoms with van der Waals surface area (Å²) < 4.78 is 12.8. The summed E-state index contributed by atoms with van der Waals surface area (Å²) in [5.74, 6) is 1.05. The minimum atomic E-state index is 0.0141.